The molecule has 0 spiro atoms. The van der Waals surface area contributed by atoms with Crippen LogP contribution in [0.2, 0.25) is 0 Å². The number of esters is 1. The summed E-state index contributed by atoms with van der Waals surface area (Å²) >= 11 is 0. The summed E-state index contributed by atoms with van der Waals surface area (Å²) in [5.41, 5.74) is 3.14. The van der Waals surface area contributed by atoms with Gasteiger partial charge in [0.1, 0.15) is 6.04 Å². The number of rotatable bonds is 8. The highest BCUT2D eigenvalue weighted by Crippen LogP contribution is 2.19. The Kier molecular flexibility index (Phi) is 7.68. The summed E-state index contributed by atoms with van der Waals surface area (Å²) in [5.74, 6) is -0.496. The Balaban J connectivity index is 2.01. The van der Waals surface area contributed by atoms with Crippen molar-refractivity contribution in [3.8, 4) is 11.1 Å². The first-order chi connectivity index (χ1) is 12.6. The van der Waals surface area contributed by atoms with Gasteiger partial charge in [0.25, 0.3) is 0 Å². The van der Waals surface area contributed by atoms with Gasteiger partial charge in [-0.3, -0.25) is 0 Å². The highest BCUT2D eigenvalue weighted by Gasteiger charge is 2.22. The van der Waals surface area contributed by atoms with Gasteiger partial charge in [-0.2, -0.15) is 0 Å². The van der Waals surface area contributed by atoms with Gasteiger partial charge in [0.15, 0.2) is 0 Å². The molecule has 1 amide bonds. The number of hydrogen-bond acceptors (Lipinski definition) is 4. The van der Waals surface area contributed by atoms with Crippen molar-refractivity contribution < 1.29 is 19.1 Å². The zero-order chi connectivity index (χ0) is 18.8. The van der Waals surface area contributed by atoms with Crippen LogP contribution >= 0.6 is 0 Å². The molecule has 0 aromatic heterocycles. The maximum absolute atomic E-state index is 12.0. The number of amides is 1. The van der Waals surface area contributed by atoms with Crippen molar-refractivity contribution in [2.45, 2.75) is 32.2 Å². The molecule has 5 heteroatoms. The van der Waals surface area contributed by atoms with Gasteiger partial charge in [-0.05, 0) is 23.1 Å². The molecule has 0 heterocycles. The van der Waals surface area contributed by atoms with Crippen LogP contribution < -0.4 is 5.32 Å². The molecular formula is C21H25NO4. The van der Waals surface area contributed by atoms with E-state index in [1.165, 1.54) is 7.11 Å². The lowest BCUT2D eigenvalue weighted by atomic mass is 10.0. The SMILES string of the molecule is CCCCOC(=O)NC(Cc1ccc(-c2ccccc2)cc1)C(=O)OC. The maximum atomic E-state index is 12.0. The van der Waals surface area contributed by atoms with E-state index in [1.54, 1.807) is 0 Å². The Morgan fingerprint density at radius 2 is 1.65 bits per heavy atom. The van der Waals surface area contributed by atoms with Crippen molar-refractivity contribution in [2.75, 3.05) is 13.7 Å². The number of hydrogen-bond donors (Lipinski definition) is 1. The number of nitrogens with one attached hydrogen (secondary N) is 1. The van der Waals surface area contributed by atoms with E-state index < -0.39 is 18.1 Å². The molecule has 0 aliphatic heterocycles. The number of benzene rings is 2. The summed E-state index contributed by atoms with van der Waals surface area (Å²) < 4.78 is 9.86. The summed E-state index contributed by atoms with van der Waals surface area (Å²) in [7, 11) is 1.30. The monoisotopic (exact) mass is 355 g/mol. The van der Waals surface area contributed by atoms with Crippen molar-refractivity contribution in [1.29, 1.82) is 0 Å². The summed E-state index contributed by atoms with van der Waals surface area (Å²) in [6.45, 7) is 2.35. The molecule has 5 nitrogen and oxygen atoms in total. The fourth-order valence-electron chi connectivity index (χ4n) is 2.53. The highest BCUT2D eigenvalue weighted by atomic mass is 16.6. The zero-order valence-corrected chi connectivity index (χ0v) is 15.2. The summed E-state index contributed by atoms with van der Waals surface area (Å²) in [6.07, 6.45) is 1.46. The van der Waals surface area contributed by atoms with Gasteiger partial charge < -0.3 is 14.8 Å². The fourth-order valence-corrected chi connectivity index (χ4v) is 2.53. The Bertz CT molecular complexity index is 698. The number of ether oxygens (including phenoxy) is 2. The topological polar surface area (TPSA) is 64.6 Å². The number of methoxy groups -OCH3 is 1. The third-order valence-corrected chi connectivity index (χ3v) is 4.01. The van der Waals surface area contributed by atoms with Crippen molar-refractivity contribution >= 4 is 12.1 Å². The Hall–Kier alpha value is -2.82. The first kappa shape index (κ1) is 19.5. The van der Waals surface area contributed by atoms with E-state index in [0.29, 0.717) is 13.0 Å². The Morgan fingerprint density at radius 3 is 2.27 bits per heavy atom. The van der Waals surface area contributed by atoms with Crippen molar-refractivity contribution in [3.05, 3.63) is 60.2 Å². The fraction of sp³-hybridized carbons (Fsp3) is 0.333. The maximum Gasteiger partial charge on any atom is 0.407 e. The van der Waals surface area contributed by atoms with Gasteiger partial charge in [-0.15, -0.1) is 0 Å². The quantitative estimate of drug-likeness (QED) is 0.575. The minimum atomic E-state index is -0.781. The van der Waals surface area contributed by atoms with E-state index in [9.17, 15) is 9.59 Å². The summed E-state index contributed by atoms with van der Waals surface area (Å²) in [6, 6.07) is 17.2. The molecule has 0 fully saturated rings. The molecule has 0 radical (unpaired) electrons. The predicted octanol–water partition coefficient (Wildman–Crippen LogP) is 3.96. The van der Waals surface area contributed by atoms with Gasteiger partial charge >= 0.3 is 12.1 Å². The van der Waals surface area contributed by atoms with Gasteiger partial charge in [-0.25, -0.2) is 9.59 Å². The largest absolute Gasteiger partial charge is 0.467 e. The van der Waals surface area contributed by atoms with Crippen molar-refractivity contribution in [3.63, 3.8) is 0 Å². The van der Waals surface area contributed by atoms with Crippen LogP contribution in [0.4, 0.5) is 4.79 Å². The average Bonchev–Trinajstić information content (AvgIpc) is 2.68. The van der Waals surface area contributed by atoms with Gasteiger partial charge in [0.05, 0.1) is 13.7 Å². The molecule has 26 heavy (non-hydrogen) atoms. The van der Waals surface area contributed by atoms with Crippen LogP contribution in [-0.2, 0) is 20.7 Å². The van der Waals surface area contributed by atoms with E-state index in [1.807, 2.05) is 61.5 Å². The standard InChI is InChI=1S/C21H25NO4/c1-3-4-14-26-21(24)22-19(20(23)25-2)15-16-10-12-18(13-11-16)17-8-6-5-7-9-17/h5-13,19H,3-4,14-15H2,1-2H3,(H,22,24). The summed E-state index contributed by atoms with van der Waals surface area (Å²) in [5, 5.41) is 2.59. The van der Waals surface area contributed by atoms with Crippen molar-refractivity contribution in [2.24, 2.45) is 0 Å². The molecule has 0 aliphatic rings. The molecule has 0 aliphatic carbocycles. The lowest BCUT2D eigenvalue weighted by molar-refractivity contribution is -0.142. The Morgan fingerprint density at radius 1 is 1.00 bits per heavy atom. The van der Waals surface area contributed by atoms with Crippen LogP contribution in [0.15, 0.2) is 54.6 Å². The molecule has 2 aromatic carbocycles. The number of alkyl carbamates (subject to hydrolysis) is 1. The van der Waals surface area contributed by atoms with Crippen LogP contribution in [0.5, 0.6) is 0 Å². The lowest BCUT2D eigenvalue weighted by Gasteiger charge is -2.16. The highest BCUT2D eigenvalue weighted by molar-refractivity contribution is 5.81. The zero-order valence-electron chi connectivity index (χ0n) is 15.2. The molecule has 1 unspecified atom stereocenters. The van der Waals surface area contributed by atoms with E-state index >= 15 is 0 Å². The first-order valence-electron chi connectivity index (χ1n) is 8.79. The minimum absolute atomic E-state index is 0.335. The van der Waals surface area contributed by atoms with Gasteiger partial charge in [0.2, 0.25) is 0 Å². The molecule has 2 aromatic rings. The van der Waals surface area contributed by atoms with E-state index in [2.05, 4.69) is 5.32 Å². The van der Waals surface area contributed by atoms with Crippen LogP contribution in [0.1, 0.15) is 25.3 Å². The van der Waals surface area contributed by atoms with Crippen LogP contribution in [0, 0.1) is 0 Å². The summed E-state index contributed by atoms with van der Waals surface area (Å²) in [4.78, 5) is 23.8. The third-order valence-electron chi connectivity index (χ3n) is 4.01. The van der Waals surface area contributed by atoms with Gasteiger partial charge in [-0.1, -0.05) is 67.9 Å². The van der Waals surface area contributed by atoms with Crippen LogP contribution in [0.3, 0.4) is 0 Å². The molecular weight excluding hydrogens is 330 g/mol. The van der Waals surface area contributed by atoms with Gasteiger partial charge in [0, 0.05) is 6.42 Å². The Labute approximate surface area is 154 Å². The van der Waals surface area contributed by atoms with Crippen LogP contribution in [0.25, 0.3) is 11.1 Å². The second-order valence-corrected chi connectivity index (χ2v) is 5.98. The van der Waals surface area contributed by atoms with E-state index in [4.69, 9.17) is 9.47 Å². The first-order valence-corrected chi connectivity index (χ1v) is 8.79. The second kappa shape index (κ2) is 10.2. The molecule has 0 saturated heterocycles. The smallest absolute Gasteiger partial charge is 0.407 e. The molecule has 2 rings (SSSR count). The van der Waals surface area contributed by atoms with Crippen molar-refractivity contribution in [1.82, 2.24) is 5.32 Å². The molecule has 0 bridgehead atoms. The molecule has 0 saturated carbocycles. The molecule has 1 atom stereocenters. The van der Waals surface area contributed by atoms with Crippen LogP contribution in [-0.4, -0.2) is 31.8 Å². The normalized spacial score (nSPS) is 11.5. The minimum Gasteiger partial charge on any atom is -0.467 e. The third kappa shape index (κ3) is 5.92. The predicted molar refractivity (Wildman–Crippen MR) is 101 cm³/mol. The van der Waals surface area contributed by atoms with E-state index in [-0.39, 0.29) is 0 Å². The number of unbranched alkanes of at least 4 members (excludes halogenated alkanes) is 1. The number of carbonyl (C=O) groups is 2. The molecule has 138 valence electrons. The lowest BCUT2D eigenvalue weighted by Crippen LogP contribution is -2.43. The van der Waals surface area contributed by atoms with E-state index in [0.717, 1.165) is 29.5 Å². The average molecular weight is 355 g/mol. The molecule has 1 N–H and O–H groups in total. The second-order valence-electron chi connectivity index (χ2n) is 5.98. The number of carbonyl (C=O) groups excluding carboxylic acids is 2.